The average Bonchev–Trinajstić information content (AvgIpc) is 3.04. The van der Waals surface area contributed by atoms with Gasteiger partial charge in [-0.3, -0.25) is 4.79 Å². The summed E-state index contributed by atoms with van der Waals surface area (Å²) < 4.78 is 47.3. The molecule has 6 nitrogen and oxygen atoms in total. The predicted octanol–water partition coefficient (Wildman–Crippen LogP) is 3.67. The molecule has 1 aromatic carbocycles. The number of carbonyl (C=O) groups is 1. The normalized spacial score (nSPS) is 22.5. The van der Waals surface area contributed by atoms with Crippen LogP contribution in [0, 0.1) is 0 Å². The fraction of sp³-hybridized carbons (Fsp3) is 0.444. The summed E-state index contributed by atoms with van der Waals surface area (Å²) in [6, 6.07) is 6.36. The predicted molar refractivity (Wildman–Crippen MR) is 96.5 cm³/mol. The molecule has 1 amide bonds. The molecule has 0 radical (unpaired) electrons. The molecule has 1 saturated heterocycles. The largest absolute Gasteiger partial charge is 0.410 e. The Morgan fingerprint density at radius 1 is 1.21 bits per heavy atom. The van der Waals surface area contributed by atoms with Crippen LogP contribution in [0.1, 0.15) is 34.6 Å². The number of ether oxygens (including phenoxy) is 1. The maximum atomic E-state index is 13.8. The van der Waals surface area contributed by atoms with Gasteiger partial charge in [0.25, 0.3) is 5.91 Å². The van der Waals surface area contributed by atoms with Gasteiger partial charge in [-0.15, -0.1) is 0 Å². The van der Waals surface area contributed by atoms with E-state index in [1.807, 2.05) is 0 Å². The number of alkyl halides is 3. The fourth-order valence-corrected chi connectivity index (χ4v) is 3.81. The second kappa shape index (κ2) is 7.29. The third-order valence-corrected chi connectivity index (χ3v) is 5.36. The highest BCUT2D eigenvalue weighted by Gasteiger charge is 2.48. The monoisotopic (exact) mass is 414 g/mol. The molecule has 1 aromatic heterocycles. The highest BCUT2D eigenvalue weighted by atomic mass is 35.5. The Kier molecular flexibility index (Phi) is 4.96. The Morgan fingerprint density at radius 2 is 1.89 bits per heavy atom. The van der Waals surface area contributed by atoms with Crippen molar-refractivity contribution in [3.8, 4) is 0 Å². The number of rotatable bonds is 2. The molecule has 150 valence electrons. The van der Waals surface area contributed by atoms with Crippen LogP contribution in [0.3, 0.4) is 0 Å². The molecular weight excluding hydrogens is 397 g/mol. The van der Waals surface area contributed by atoms with Gasteiger partial charge in [-0.1, -0.05) is 41.9 Å². The number of anilines is 1. The molecule has 2 aliphatic heterocycles. The van der Waals surface area contributed by atoms with Crippen molar-refractivity contribution in [2.75, 3.05) is 31.6 Å². The summed E-state index contributed by atoms with van der Waals surface area (Å²) in [4.78, 5) is 14.2. The quantitative estimate of drug-likeness (QED) is 0.814. The Balaban J connectivity index is 1.72. The molecule has 2 unspecified atom stereocenters. The smallest absolute Gasteiger partial charge is 0.378 e. The van der Waals surface area contributed by atoms with E-state index < -0.39 is 24.2 Å². The number of hydrogen-bond acceptors (Lipinski definition) is 4. The second-order valence-electron chi connectivity index (χ2n) is 6.76. The molecular formula is C18H18ClF3N4O2. The molecule has 3 heterocycles. The highest BCUT2D eigenvalue weighted by Crippen LogP contribution is 2.46. The molecule has 0 bridgehead atoms. The summed E-state index contributed by atoms with van der Waals surface area (Å²) >= 11 is 6.33. The minimum atomic E-state index is -4.53. The number of nitrogens with one attached hydrogen (secondary N) is 1. The fourth-order valence-electron chi connectivity index (χ4n) is 3.55. The Labute approximate surface area is 164 Å². The number of benzene rings is 1. The van der Waals surface area contributed by atoms with Gasteiger partial charge in [0.05, 0.1) is 19.3 Å². The van der Waals surface area contributed by atoms with Gasteiger partial charge in [-0.2, -0.15) is 18.3 Å². The number of fused-ring (bicyclic) bond motifs is 1. The van der Waals surface area contributed by atoms with Crippen LogP contribution in [0.25, 0.3) is 0 Å². The van der Waals surface area contributed by atoms with E-state index in [9.17, 15) is 18.0 Å². The van der Waals surface area contributed by atoms with Crippen molar-refractivity contribution < 1.29 is 22.7 Å². The SMILES string of the molecule is O=C(c1nn2c(c1Cl)NC(c1ccccc1)CC2C(F)(F)F)N1CCOCC1. The first-order chi connectivity index (χ1) is 13.4. The topological polar surface area (TPSA) is 59.4 Å². The van der Waals surface area contributed by atoms with Crippen LogP contribution in [-0.4, -0.2) is 53.1 Å². The lowest BCUT2D eigenvalue weighted by Gasteiger charge is -2.33. The van der Waals surface area contributed by atoms with Crippen LogP contribution in [0.4, 0.5) is 19.0 Å². The third-order valence-electron chi connectivity index (χ3n) is 5.00. The van der Waals surface area contributed by atoms with Gasteiger partial charge in [0.1, 0.15) is 10.8 Å². The highest BCUT2D eigenvalue weighted by molar-refractivity contribution is 6.36. The Morgan fingerprint density at radius 3 is 2.54 bits per heavy atom. The number of nitrogens with zero attached hydrogens (tertiary/aromatic N) is 3. The molecule has 0 aliphatic carbocycles. The molecule has 28 heavy (non-hydrogen) atoms. The zero-order chi connectivity index (χ0) is 19.9. The summed E-state index contributed by atoms with van der Waals surface area (Å²) in [5.74, 6) is -0.477. The number of carbonyl (C=O) groups excluding carboxylic acids is 1. The van der Waals surface area contributed by atoms with E-state index in [1.54, 1.807) is 30.3 Å². The molecule has 0 spiro atoms. The van der Waals surface area contributed by atoms with Crippen LogP contribution in [0.15, 0.2) is 30.3 Å². The first-order valence-corrected chi connectivity index (χ1v) is 9.27. The molecule has 0 saturated carbocycles. The number of morpholine rings is 1. The molecule has 2 aliphatic rings. The first-order valence-electron chi connectivity index (χ1n) is 8.89. The van der Waals surface area contributed by atoms with Gasteiger partial charge in [-0.05, 0) is 5.56 Å². The Bertz CT molecular complexity index is 866. The van der Waals surface area contributed by atoms with Crippen molar-refractivity contribution in [1.82, 2.24) is 14.7 Å². The summed E-state index contributed by atoms with van der Waals surface area (Å²) in [5.41, 5.74) is 0.537. The van der Waals surface area contributed by atoms with E-state index in [4.69, 9.17) is 16.3 Å². The van der Waals surface area contributed by atoms with E-state index in [1.165, 1.54) is 4.90 Å². The maximum absolute atomic E-state index is 13.8. The number of aromatic nitrogens is 2. The zero-order valence-corrected chi connectivity index (χ0v) is 15.5. The van der Waals surface area contributed by atoms with Crippen LogP contribution in [0.5, 0.6) is 0 Å². The summed E-state index contributed by atoms with van der Waals surface area (Å²) in [5, 5.41) is 6.92. The molecule has 2 atom stereocenters. The van der Waals surface area contributed by atoms with Crippen molar-refractivity contribution in [3.63, 3.8) is 0 Å². The molecule has 10 heteroatoms. The van der Waals surface area contributed by atoms with Gasteiger partial charge in [0.2, 0.25) is 0 Å². The lowest BCUT2D eigenvalue weighted by molar-refractivity contribution is -0.173. The van der Waals surface area contributed by atoms with Gasteiger partial charge in [0.15, 0.2) is 11.7 Å². The minimum absolute atomic E-state index is 0.0145. The van der Waals surface area contributed by atoms with E-state index in [-0.39, 0.29) is 23.0 Å². The van der Waals surface area contributed by atoms with E-state index in [2.05, 4.69) is 10.4 Å². The lowest BCUT2D eigenvalue weighted by atomic mass is 9.97. The molecule has 1 N–H and O–H groups in total. The van der Waals surface area contributed by atoms with E-state index in [0.717, 1.165) is 4.68 Å². The summed E-state index contributed by atoms with van der Waals surface area (Å²) in [6.45, 7) is 1.44. The standard InChI is InChI=1S/C18H18ClF3N4O2/c19-14-15(17(27)25-6-8-28-9-7-25)24-26-13(18(20,21)22)10-12(23-16(14)26)11-4-2-1-3-5-11/h1-5,12-13,23H,6-10H2. The number of halogens is 4. The van der Waals surface area contributed by atoms with Crippen molar-refractivity contribution in [1.29, 1.82) is 0 Å². The van der Waals surface area contributed by atoms with Crippen LogP contribution in [-0.2, 0) is 4.74 Å². The van der Waals surface area contributed by atoms with Gasteiger partial charge in [0, 0.05) is 19.5 Å². The van der Waals surface area contributed by atoms with Crippen LogP contribution in [0.2, 0.25) is 5.02 Å². The van der Waals surface area contributed by atoms with Crippen molar-refractivity contribution in [2.45, 2.75) is 24.7 Å². The summed E-state index contributed by atoms with van der Waals surface area (Å²) in [7, 11) is 0. The van der Waals surface area contributed by atoms with Crippen molar-refractivity contribution in [2.24, 2.45) is 0 Å². The maximum Gasteiger partial charge on any atom is 0.410 e. The Hall–Kier alpha value is -2.26. The van der Waals surface area contributed by atoms with E-state index in [0.29, 0.717) is 31.9 Å². The van der Waals surface area contributed by atoms with Crippen molar-refractivity contribution >= 4 is 23.3 Å². The minimum Gasteiger partial charge on any atom is -0.378 e. The second-order valence-corrected chi connectivity index (χ2v) is 7.14. The summed E-state index contributed by atoms with van der Waals surface area (Å²) in [6.07, 6.45) is -4.78. The number of hydrogen-bond donors (Lipinski definition) is 1. The van der Waals surface area contributed by atoms with Crippen molar-refractivity contribution in [3.05, 3.63) is 46.6 Å². The number of amides is 1. The van der Waals surface area contributed by atoms with E-state index >= 15 is 0 Å². The lowest BCUT2D eigenvalue weighted by Crippen LogP contribution is -2.41. The zero-order valence-electron chi connectivity index (χ0n) is 14.7. The van der Waals surface area contributed by atoms with Gasteiger partial charge < -0.3 is 15.0 Å². The first kappa shape index (κ1) is 19.1. The molecule has 1 fully saturated rings. The molecule has 2 aromatic rings. The van der Waals surface area contributed by atoms with Crippen LogP contribution >= 0.6 is 11.6 Å². The molecule has 4 rings (SSSR count). The van der Waals surface area contributed by atoms with Crippen LogP contribution < -0.4 is 5.32 Å². The van der Waals surface area contributed by atoms with Gasteiger partial charge in [-0.25, -0.2) is 4.68 Å². The van der Waals surface area contributed by atoms with Gasteiger partial charge >= 0.3 is 6.18 Å². The third kappa shape index (κ3) is 3.44. The average molecular weight is 415 g/mol.